The quantitative estimate of drug-likeness (QED) is 0.838. The molecule has 0 aliphatic heterocycles. The number of nitrogens with two attached hydrogens (primary N) is 1. The fourth-order valence-corrected chi connectivity index (χ4v) is 1.60. The second kappa shape index (κ2) is 4.45. The molecule has 2 aromatic rings. The summed E-state index contributed by atoms with van der Waals surface area (Å²) in [5.74, 6) is -1.33. The van der Waals surface area contributed by atoms with Crippen molar-refractivity contribution in [1.29, 1.82) is 0 Å². The minimum absolute atomic E-state index is 0.252. The van der Waals surface area contributed by atoms with Crippen LogP contribution < -0.4 is 5.73 Å². The first-order valence-electron chi connectivity index (χ1n) is 5.04. The molecular formula is C12H9F4NO. The van der Waals surface area contributed by atoms with Crippen LogP contribution in [-0.2, 0) is 6.18 Å². The highest BCUT2D eigenvalue weighted by molar-refractivity contribution is 5.33. The summed E-state index contributed by atoms with van der Waals surface area (Å²) in [4.78, 5) is 0. The molecule has 0 amide bonds. The normalized spacial score (nSPS) is 13.6. The van der Waals surface area contributed by atoms with Gasteiger partial charge in [0, 0.05) is 5.56 Å². The molecule has 1 atom stereocenters. The van der Waals surface area contributed by atoms with Gasteiger partial charge in [-0.25, -0.2) is 4.39 Å². The van der Waals surface area contributed by atoms with E-state index in [9.17, 15) is 17.6 Å². The van der Waals surface area contributed by atoms with Crippen LogP contribution in [0.2, 0.25) is 0 Å². The van der Waals surface area contributed by atoms with Gasteiger partial charge in [-0.2, -0.15) is 13.2 Å². The summed E-state index contributed by atoms with van der Waals surface area (Å²) in [6, 6.07) is 3.48. The topological polar surface area (TPSA) is 39.2 Å². The second-order valence-electron chi connectivity index (χ2n) is 3.77. The van der Waals surface area contributed by atoms with Crippen LogP contribution in [0.25, 0.3) is 0 Å². The predicted octanol–water partition coefficient (Wildman–Crippen LogP) is 3.49. The molecule has 0 aliphatic rings. The van der Waals surface area contributed by atoms with Crippen LogP contribution in [0.1, 0.15) is 22.7 Å². The lowest BCUT2D eigenvalue weighted by molar-refractivity contribution is -0.140. The van der Waals surface area contributed by atoms with Gasteiger partial charge in [-0.3, -0.25) is 0 Å². The van der Waals surface area contributed by atoms with Gasteiger partial charge in [0.2, 0.25) is 0 Å². The van der Waals surface area contributed by atoms with Crippen molar-refractivity contribution >= 4 is 0 Å². The van der Waals surface area contributed by atoms with Gasteiger partial charge in [0.05, 0.1) is 24.1 Å². The molecule has 1 aromatic heterocycles. The zero-order valence-corrected chi connectivity index (χ0v) is 9.04. The lowest BCUT2D eigenvalue weighted by atomic mass is 10.0. The molecule has 1 heterocycles. The molecule has 1 aromatic carbocycles. The maximum absolute atomic E-state index is 13.3. The van der Waals surface area contributed by atoms with E-state index < -0.39 is 23.6 Å². The molecule has 0 bridgehead atoms. The molecule has 2 N–H and O–H groups in total. The van der Waals surface area contributed by atoms with Crippen molar-refractivity contribution in [1.82, 2.24) is 0 Å². The van der Waals surface area contributed by atoms with Gasteiger partial charge in [-0.15, -0.1) is 0 Å². The summed E-state index contributed by atoms with van der Waals surface area (Å²) in [5.41, 5.74) is 5.30. The average molecular weight is 259 g/mol. The first-order valence-corrected chi connectivity index (χ1v) is 5.04. The third-order valence-electron chi connectivity index (χ3n) is 2.56. The molecule has 0 spiro atoms. The lowest BCUT2D eigenvalue weighted by Crippen LogP contribution is -2.13. The lowest BCUT2D eigenvalue weighted by Gasteiger charge is -2.13. The van der Waals surface area contributed by atoms with Crippen LogP contribution in [0.3, 0.4) is 0 Å². The molecule has 96 valence electrons. The summed E-state index contributed by atoms with van der Waals surface area (Å²) >= 11 is 0. The molecule has 2 nitrogen and oxygen atoms in total. The Labute approximate surface area is 100 Å². The van der Waals surface area contributed by atoms with Crippen molar-refractivity contribution in [3.63, 3.8) is 0 Å². The highest BCUT2D eigenvalue weighted by atomic mass is 19.4. The van der Waals surface area contributed by atoms with Crippen molar-refractivity contribution < 1.29 is 22.0 Å². The summed E-state index contributed by atoms with van der Waals surface area (Å²) in [5, 5.41) is 0. The van der Waals surface area contributed by atoms with Gasteiger partial charge >= 0.3 is 6.18 Å². The maximum Gasteiger partial charge on any atom is 0.419 e. The van der Waals surface area contributed by atoms with E-state index in [4.69, 9.17) is 10.2 Å². The SMILES string of the molecule is NC(c1ccoc1)c1ccc(C(F)(F)F)c(F)c1. The number of hydrogen-bond acceptors (Lipinski definition) is 2. The third-order valence-corrected chi connectivity index (χ3v) is 2.56. The van der Waals surface area contributed by atoms with Crippen molar-refractivity contribution in [2.24, 2.45) is 5.73 Å². The Kier molecular flexibility index (Phi) is 3.13. The fourth-order valence-electron chi connectivity index (χ4n) is 1.60. The predicted molar refractivity (Wildman–Crippen MR) is 56.1 cm³/mol. The number of furan rings is 1. The first kappa shape index (κ1) is 12.6. The van der Waals surface area contributed by atoms with E-state index in [1.165, 1.54) is 12.5 Å². The van der Waals surface area contributed by atoms with Crippen molar-refractivity contribution in [3.05, 3.63) is 59.3 Å². The van der Waals surface area contributed by atoms with Crippen molar-refractivity contribution in [2.75, 3.05) is 0 Å². The van der Waals surface area contributed by atoms with E-state index in [1.807, 2.05) is 0 Å². The fraction of sp³-hybridized carbons (Fsp3) is 0.167. The van der Waals surface area contributed by atoms with Crippen molar-refractivity contribution in [3.8, 4) is 0 Å². The summed E-state index contributed by atoms with van der Waals surface area (Å²) in [6.07, 6.45) is -1.96. The number of alkyl halides is 3. The largest absolute Gasteiger partial charge is 0.472 e. The van der Waals surface area contributed by atoms with E-state index in [2.05, 4.69) is 0 Å². The number of benzene rings is 1. The van der Waals surface area contributed by atoms with E-state index in [0.29, 0.717) is 11.6 Å². The standard InChI is InChI=1S/C12H9F4NO/c13-10-5-7(1-2-9(10)12(14,15)16)11(17)8-3-4-18-6-8/h1-6,11H,17H2. The average Bonchev–Trinajstić information content (AvgIpc) is 2.79. The van der Waals surface area contributed by atoms with Crippen LogP contribution in [0, 0.1) is 5.82 Å². The summed E-state index contributed by atoms with van der Waals surface area (Å²) in [7, 11) is 0. The Morgan fingerprint density at radius 3 is 2.33 bits per heavy atom. The Morgan fingerprint density at radius 2 is 1.83 bits per heavy atom. The number of halogens is 4. The zero-order chi connectivity index (χ0) is 13.3. The second-order valence-corrected chi connectivity index (χ2v) is 3.77. The van der Waals surface area contributed by atoms with E-state index in [1.54, 1.807) is 6.07 Å². The monoisotopic (exact) mass is 259 g/mol. The van der Waals surface area contributed by atoms with Gasteiger partial charge in [-0.1, -0.05) is 6.07 Å². The van der Waals surface area contributed by atoms with Gasteiger partial charge < -0.3 is 10.2 Å². The van der Waals surface area contributed by atoms with Crippen molar-refractivity contribution in [2.45, 2.75) is 12.2 Å². The molecular weight excluding hydrogens is 250 g/mol. The van der Waals surface area contributed by atoms with Crippen LogP contribution in [0.5, 0.6) is 0 Å². The molecule has 1 unspecified atom stereocenters. The molecule has 0 saturated carbocycles. The highest BCUT2D eigenvalue weighted by Gasteiger charge is 2.34. The zero-order valence-electron chi connectivity index (χ0n) is 9.04. The molecule has 0 radical (unpaired) electrons. The highest BCUT2D eigenvalue weighted by Crippen LogP contribution is 2.32. The Balaban J connectivity index is 2.35. The third kappa shape index (κ3) is 2.38. The van der Waals surface area contributed by atoms with E-state index >= 15 is 0 Å². The molecule has 18 heavy (non-hydrogen) atoms. The van der Waals surface area contributed by atoms with E-state index in [0.717, 1.165) is 12.1 Å². The van der Waals surface area contributed by atoms with Gasteiger partial charge in [0.1, 0.15) is 5.82 Å². The van der Waals surface area contributed by atoms with Crippen LogP contribution >= 0.6 is 0 Å². The van der Waals surface area contributed by atoms with Crippen LogP contribution in [0.15, 0.2) is 41.2 Å². The smallest absolute Gasteiger partial charge is 0.419 e. The minimum Gasteiger partial charge on any atom is -0.472 e. The molecule has 6 heteroatoms. The van der Waals surface area contributed by atoms with Crippen LogP contribution in [0.4, 0.5) is 17.6 Å². The molecule has 2 rings (SSSR count). The first-order chi connectivity index (χ1) is 8.39. The van der Waals surface area contributed by atoms with Gasteiger partial charge in [-0.05, 0) is 23.8 Å². The van der Waals surface area contributed by atoms with Crippen LogP contribution in [-0.4, -0.2) is 0 Å². The molecule has 0 aliphatic carbocycles. The van der Waals surface area contributed by atoms with E-state index in [-0.39, 0.29) is 5.56 Å². The number of hydrogen-bond donors (Lipinski definition) is 1. The Bertz CT molecular complexity index is 534. The Hall–Kier alpha value is -1.82. The maximum atomic E-state index is 13.3. The molecule has 0 saturated heterocycles. The minimum atomic E-state index is -4.71. The van der Waals surface area contributed by atoms with Gasteiger partial charge in [0.15, 0.2) is 0 Å². The summed E-state index contributed by atoms with van der Waals surface area (Å²) < 4.78 is 55.3. The summed E-state index contributed by atoms with van der Waals surface area (Å²) in [6.45, 7) is 0. The molecule has 0 fully saturated rings. The Morgan fingerprint density at radius 1 is 1.11 bits per heavy atom. The van der Waals surface area contributed by atoms with Gasteiger partial charge in [0.25, 0.3) is 0 Å². The number of rotatable bonds is 2.